The molecule has 166 valence electrons. The molecular formula is C23H24ClN5O3. The molecule has 1 N–H and O–H groups in total. The van der Waals surface area contributed by atoms with Gasteiger partial charge in [0.2, 0.25) is 5.88 Å². The van der Waals surface area contributed by atoms with E-state index in [1.165, 1.54) is 6.33 Å². The molecule has 3 heterocycles. The normalized spacial score (nSPS) is 21.4. The number of carbonyl (C=O) groups is 1. The Labute approximate surface area is 191 Å². The minimum absolute atomic E-state index is 0.0535. The zero-order valence-electron chi connectivity index (χ0n) is 18.1. The summed E-state index contributed by atoms with van der Waals surface area (Å²) in [6.45, 7) is 5.56. The number of ether oxygens (including phenoxy) is 2. The number of piperidine rings is 1. The summed E-state index contributed by atoms with van der Waals surface area (Å²) in [4.78, 5) is 22.8. The minimum atomic E-state index is -0.289. The predicted molar refractivity (Wildman–Crippen MR) is 120 cm³/mol. The van der Waals surface area contributed by atoms with Gasteiger partial charge in [-0.05, 0) is 39.0 Å². The van der Waals surface area contributed by atoms with Crippen molar-refractivity contribution >= 4 is 29.2 Å². The van der Waals surface area contributed by atoms with E-state index in [1.807, 2.05) is 32.9 Å². The minimum Gasteiger partial charge on any atom is -0.474 e. The van der Waals surface area contributed by atoms with E-state index in [-0.39, 0.29) is 30.4 Å². The van der Waals surface area contributed by atoms with Crippen LogP contribution in [0, 0.1) is 18.3 Å². The van der Waals surface area contributed by atoms with E-state index >= 15 is 0 Å². The highest BCUT2D eigenvalue weighted by atomic mass is 35.5. The molecule has 32 heavy (non-hydrogen) atoms. The van der Waals surface area contributed by atoms with Crippen LogP contribution >= 0.6 is 11.6 Å². The molecule has 8 nitrogen and oxygen atoms in total. The number of hydrogen-bond acceptors (Lipinski definition) is 7. The fraction of sp³-hybridized carbons (Fsp3) is 0.391. The first-order valence-corrected chi connectivity index (χ1v) is 10.9. The molecule has 4 rings (SSSR count). The van der Waals surface area contributed by atoms with Crippen LogP contribution in [0.4, 0.5) is 16.3 Å². The van der Waals surface area contributed by atoms with Crippen LogP contribution in [0.1, 0.15) is 37.8 Å². The molecule has 2 aliphatic rings. The average Bonchev–Trinajstić information content (AvgIpc) is 3.02. The van der Waals surface area contributed by atoms with Crippen molar-refractivity contribution in [2.45, 2.75) is 57.9 Å². The molecule has 2 bridgehead atoms. The molecular weight excluding hydrogens is 430 g/mol. The summed E-state index contributed by atoms with van der Waals surface area (Å²) in [5, 5.41) is 12.6. The second kappa shape index (κ2) is 9.05. The van der Waals surface area contributed by atoms with Crippen LogP contribution in [0.2, 0.25) is 5.02 Å². The van der Waals surface area contributed by atoms with Crippen molar-refractivity contribution in [1.82, 2.24) is 14.9 Å². The van der Waals surface area contributed by atoms with Gasteiger partial charge in [0.25, 0.3) is 0 Å². The number of amides is 1. The molecule has 2 atom stereocenters. The molecule has 0 radical (unpaired) electrons. The van der Waals surface area contributed by atoms with Gasteiger partial charge in [0.15, 0.2) is 0 Å². The van der Waals surface area contributed by atoms with Crippen LogP contribution in [0.5, 0.6) is 5.88 Å². The van der Waals surface area contributed by atoms with Crippen molar-refractivity contribution in [1.29, 1.82) is 5.26 Å². The summed E-state index contributed by atoms with van der Waals surface area (Å²) in [5.41, 5.74) is 1.86. The maximum Gasteiger partial charge on any atom is 0.411 e. The summed E-state index contributed by atoms with van der Waals surface area (Å²) in [6, 6.07) is 6.97. The van der Waals surface area contributed by atoms with Gasteiger partial charge in [-0.25, -0.2) is 14.8 Å². The van der Waals surface area contributed by atoms with Gasteiger partial charge >= 0.3 is 6.09 Å². The number of anilines is 2. The van der Waals surface area contributed by atoms with E-state index in [1.54, 1.807) is 23.1 Å². The predicted octanol–water partition coefficient (Wildman–Crippen LogP) is 4.75. The molecule has 1 amide bonds. The number of nitriles is 1. The quantitative estimate of drug-likeness (QED) is 0.652. The number of hydrogen-bond donors (Lipinski definition) is 1. The van der Waals surface area contributed by atoms with Gasteiger partial charge in [0.1, 0.15) is 18.2 Å². The summed E-state index contributed by atoms with van der Waals surface area (Å²) in [5.74, 6) is 1.05. The Balaban J connectivity index is 1.45. The third-order valence-electron chi connectivity index (χ3n) is 5.49. The number of carbonyl (C=O) groups excluding carboxylic acids is 1. The molecule has 2 aliphatic heterocycles. The average molecular weight is 454 g/mol. The van der Waals surface area contributed by atoms with Crippen LogP contribution in [0.15, 0.2) is 36.7 Å². The van der Waals surface area contributed by atoms with Crippen LogP contribution in [0.25, 0.3) is 0 Å². The van der Waals surface area contributed by atoms with E-state index in [4.69, 9.17) is 26.3 Å². The van der Waals surface area contributed by atoms with Gasteiger partial charge in [0, 0.05) is 12.8 Å². The van der Waals surface area contributed by atoms with E-state index in [0.717, 1.165) is 5.56 Å². The Bertz CT molecular complexity index is 1080. The van der Waals surface area contributed by atoms with E-state index in [0.29, 0.717) is 40.8 Å². The lowest BCUT2D eigenvalue weighted by atomic mass is 9.99. The number of nitrogens with zero attached hydrogens (tertiary/aromatic N) is 4. The summed E-state index contributed by atoms with van der Waals surface area (Å²) < 4.78 is 11.6. The van der Waals surface area contributed by atoms with Gasteiger partial charge in [-0.1, -0.05) is 23.8 Å². The number of fused-ring (bicyclic) bond motifs is 2. The van der Waals surface area contributed by atoms with Crippen molar-refractivity contribution in [3.05, 3.63) is 52.8 Å². The first-order valence-electron chi connectivity index (χ1n) is 10.5. The summed E-state index contributed by atoms with van der Waals surface area (Å²) in [7, 11) is 0. The van der Waals surface area contributed by atoms with E-state index < -0.39 is 0 Å². The highest BCUT2D eigenvalue weighted by Gasteiger charge is 2.42. The highest BCUT2D eigenvalue weighted by molar-refractivity contribution is 6.33. The van der Waals surface area contributed by atoms with Crippen molar-refractivity contribution in [2.75, 3.05) is 5.32 Å². The van der Waals surface area contributed by atoms with Crippen LogP contribution in [-0.4, -0.2) is 45.3 Å². The van der Waals surface area contributed by atoms with Crippen molar-refractivity contribution in [2.24, 2.45) is 0 Å². The SMILES string of the molecule is Cc1c(Nc2ccc(C#N)cc2Cl)ncnc1OC1CC2C=CC(C1)N2C(=O)OC(C)C. The van der Waals surface area contributed by atoms with Gasteiger partial charge in [0.05, 0.1) is 46.1 Å². The molecule has 1 saturated heterocycles. The Morgan fingerprint density at radius 1 is 1.28 bits per heavy atom. The second-order valence-corrected chi connectivity index (χ2v) is 8.56. The molecule has 0 aliphatic carbocycles. The molecule has 1 aromatic heterocycles. The zero-order chi connectivity index (χ0) is 22.8. The number of nitrogens with one attached hydrogen (secondary N) is 1. The van der Waals surface area contributed by atoms with Gasteiger partial charge in [-0.3, -0.25) is 4.90 Å². The van der Waals surface area contributed by atoms with Gasteiger partial charge < -0.3 is 14.8 Å². The Kier molecular flexibility index (Phi) is 6.19. The summed E-state index contributed by atoms with van der Waals surface area (Å²) >= 11 is 6.28. The molecule has 2 aromatic rings. The third kappa shape index (κ3) is 4.48. The number of halogens is 1. The van der Waals surface area contributed by atoms with E-state index in [9.17, 15) is 4.79 Å². The highest BCUT2D eigenvalue weighted by Crippen LogP contribution is 2.35. The Hall–Kier alpha value is -3.31. The molecule has 0 saturated carbocycles. The van der Waals surface area contributed by atoms with Gasteiger partial charge in [-0.15, -0.1) is 0 Å². The summed E-state index contributed by atoms with van der Waals surface area (Å²) in [6.07, 6.45) is 6.30. The zero-order valence-corrected chi connectivity index (χ0v) is 18.8. The largest absolute Gasteiger partial charge is 0.474 e. The maximum absolute atomic E-state index is 12.4. The van der Waals surface area contributed by atoms with Crippen LogP contribution in [-0.2, 0) is 4.74 Å². The monoisotopic (exact) mass is 453 g/mol. The standard InChI is InChI=1S/C23H24ClN5O3/c1-13(2)31-23(30)29-16-5-6-17(29)10-18(9-16)32-22-14(3)21(26-12-27-22)28-20-7-4-15(11-25)8-19(20)24/h4-8,12-13,16-18H,9-10H2,1-3H3,(H,26,27,28). The second-order valence-electron chi connectivity index (χ2n) is 8.15. The Morgan fingerprint density at radius 2 is 2.00 bits per heavy atom. The molecule has 1 aromatic carbocycles. The fourth-order valence-corrected chi connectivity index (χ4v) is 4.21. The molecule has 2 unspecified atom stereocenters. The van der Waals surface area contributed by atoms with Crippen molar-refractivity contribution < 1.29 is 14.3 Å². The Morgan fingerprint density at radius 3 is 2.62 bits per heavy atom. The topological polar surface area (TPSA) is 100 Å². The van der Waals surface area contributed by atoms with Gasteiger partial charge in [-0.2, -0.15) is 5.26 Å². The van der Waals surface area contributed by atoms with E-state index in [2.05, 4.69) is 21.4 Å². The fourth-order valence-electron chi connectivity index (χ4n) is 3.99. The van der Waals surface area contributed by atoms with Crippen LogP contribution in [0.3, 0.4) is 0 Å². The third-order valence-corrected chi connectivity index (χ3v) is 5.81. The first kappa shape index (κ1) is 21.9. The maximum atomic E-state index is 12.4. The molecule has 9 heteroatoms. The lowest BCUT2D eigenvalue weighted by molar-refractivity contribution is 0.0264. The number of benzene rings is 1. The first-order chi connectivity index (χ1) is 15.4. The number of aromatic nitrogens is 2. The molecule has 0 spiro atoms. The smallest absolute Gasteiger partial charge is 0.411 e. The lowest BCUT2D eigenvalue weighted by Gasteiger charge is -2.38. The number of rotatable bonds is 5. The lowest BCUT2D eigenvalue weighted by Crippen LogP contribution is -2.50. The molecule has 1 fully saturated rings. The van der Waals surface area contributed by atoms with Crippen molar-refractivity contribution in [3.8, 4) is 11.9 Å². The van der Waals surface area contributed by atoms with Crippen LogP contribution < -0.4 is 10.1 Å². The van der Waals surface area contributed by atoms with Crippen molar-refractivity contribution in [3.63, 3.8) is 0 Å².